The van der Waals surface area contributed by atoms with Crippen LogP contribution in [0.4, 0.5) is 27.6 Å². The van der Waals surface area contributed by atoms with Crippen molar-refractivity contribution in [2.45, 2.75) is 6.18 Å². The van der Waals surface area contributed by atoms with E-state index in [0.717, 1.165) is 30.3 Å². The van der Waals surface area contributed by atoms with Gasteiger partial charge in [0.15, 0.2) is 11.6 Å². The Morgan fingerprint density at radius 3 is 2.29 bits per heavy atom. The molecule has 0 aromatic heterocycles. The van der Waals surface area contributed by atoms with E-state index >= 15 is 0 Å². The number of hydrogen-bond donors (Lipinski definition) is 1. The average Bonchev–Trinajstić information content (AvgIpc) is 2.41. The van der Waals surface area contributed by atoms with Crippen molar-refractivity contribution in [2.24, 2.45) is 0 Å². The molecule has 0 bridgehead atoms. The number of alkyl halides is 3. The van der Waals surface area contributed by atoms with Crippen molar-refractivity contribution < 1.29 is 26.7 Å². The minimum atomic E-state index is -4.54. The zero-order valence-corrected chi connectivity index (χ0v) is 10.3. The average molecular weight is 301 g/mol. The van der Waals surface area contributed by atoms with Crippen molar-refractivity contribution in [3.63, 3.8) is 0 Å². The van der Waals surface area contributed by atoms with E-state index in [1.165, 1.54) is 6.07 Å². The van der Waals surface area contributed by atoms with E-state index in [-0.39, 0.29) is 11.3 Å². The summed E-state index contributed by atoms with van der Waals surface area (Å²) in [7, 11) is 0. The number of amides is 1. The fourth-order valence-electron chi connectivity index (χ4n) is 1.61. The molecule has 0 spiro atoms. The fraction of sp³-hybridized carbons (Fsp3) is 0.0714. The van der Waals surface area contributed by atoms with Crippen molar-refractivity contribution in [2.75, 3.05) is 5.32 Å². The van der Waals surface area contributed by atoms with Gasteiger partial charge >= 0.3 is 6.18 Å². The molecule has 1 N–H and O–H groups in total. The summed E-state index contributed by atoms with van der Waals surface area (Å²) in [6.07, 6.45) is -4.54. The third kappa shape index (κ3) is 3.56. The highest BCUT2D eigenvalue weighted by Crippen LogP contribution is 2.30. The van der Waals surface area contributed by atoms with E-state index in [9.17, 15) is 26.7 Å². The SMILES string of the molecule is O=C(Nc1cccc(C(F)(F)F)c1)c1ccc(F)c(F)c1. The van der Waals surface area contributed by atoms with E-state index < -0.39 is 29.3 Å². The van der Waals surface area contributed by atoms with Gasteiger partial charge in [0.2, 0.25) is 0 Å². The Kier molecular flexibility index (Phi) is 3.93. The molecule has 0 fully saturated rings. The maximum atomic E-state index is 13.0. The van der Waals surface area contributed by atoms with Crippen molar-refractivity contribution in [1.29, 1.82) is 0 Å². The van der Waals surface area contributed by atoms with Crippen LogP contribution in [0.2, 0.25) is 0 Å². The molecule has 2 rings (SSSR count). The third-order valence-corrected chi connectivity index (χ3v) is 2.63. The summed E-state index contributed by atoms with van der Waals surface area (Å²) >= 11 is 0. The normalized spacial score (nSPS) is 11.3. The smallest absolute Gasteiger partial charge is 0.322 e. The molecule has 2 aromatic rings. The predicted octanol–water partition coefficient (Wildman–Crippen LogP) is 4.24. The van der Waals surface area contributed by atoms with Crippen LogP contribution < -0.4 is 5.32 Å². The second-order valence-corrected chi connectivity index (χ2v) is 4.16. The highest BCUT2D eigenvalue weighted by atomic mass is 19.4. The van der Waals surface area contributed by atoms with Crippen molar-refractivity contribution in [3.05, 3.63) is 65.2 Å². The first kappa shape index (κ1) is 15.0. The number of rotatable bonds is 2. The Morgan fingerprint density at radius 2 is 1.67 bits per heavy atom. The highest BCUT2D eigenvalue weighted by Gasteiger charge is 2.30. The largest absolute Gasteiger partial charge is 0.416 e. The first-order chi connectivity index (χ1) is 9.77. The molecule has 0 saturated carbocycles. The topological polar surface area (TPSA) is 29.1 Å². The van der Waals surface area contributed by atoms with Gasteiger partial charge in [0, 0.05) is 11.3 Å². The molecular weight excluding hydrogens is 293 g/mol. The lowest BCUT2D eigenvalue weighted by molar-refractivity contribution is -0.137. The van der Waals surface area contributed by atoms with Gasteiger partial charge in [0.05, 0.1) is 5.56 Å². The second-order valence-electron chi connectivity index (χ2n) is 4.16. The van der Waals surface area contributed by atoms with Gasteiger partial charge in [-0.2, -0.15) is 13.2 Å². The van der Waals surface area contributed by atoms with Gasteiger partial charge in [-0.25, -0.2) is 8.78 Å². The maximum Gasteiger partial charge on any atom is 0.416 e. The number of anilines is 1. The molecule has 0 unspecified atom stereocenters. The standard InChI is InChI=1S/C14H8F5NO/c15-11-5-4-8(6-12(11)16)13(21)20-10-3-1-2-9(7-10)14(17,18)19/h1-7H,(H,20,21). The van der Waals surface area contributed by atoms with Gasteiger partial charge in [0.25, 0.3) is 5.91 Å². The number of carbonyl (C=O) groups is 1. The summed E-state index contributed by atoms with van der Waals surface area (Å²) < 4.78 is 63.3. The van der Waals surface area contributed by atoms with Crippen LogP contribution in [-0.2, 0) is 6.18 Å². The van der Waals surface area contributed by atoms with Crippen molar-refractivity contribution in [3.8, 4) is 0 Å². The summed E-state index contributed by atoms with van der Waals surface area (Å²) in [4.78, 5) is 11.8. The Balaban J connectivity index is 2.21. The van der Waals surface area contributed by atoms with E-state index in [2.05, 4.69) is 5.32 Å². The minimum absolute atomic E-state index is 0.0976. The molecular formula is C14H8F5NO. The summed E-state index contributed by atoms with van der Waals surface area (Å²) in [6, 6.07) is 6.44. The second kappa shape index (κ2) is 5.51. The molecule has 21 heavy (non-hydrogen) atoms. The number of halogens is 5. The number of carbonyl (C=O) groups excluding carboxylic acids is 1. The molecule has 0 atom stereocenters. The molecule has 0 aliphatic rings. The summed E-state index contributed by atoms with van der Waals surface area (Å²) in [6.45, 7) is 0. The van der Waals surface area contributed by atoms with E-state index in [4.69, 9.17) is 0 Å². The number of nitrogens with one attached hydrogen (secondary N) is 1. The monoisotopic (exact) mass is 301 g/mol. The maximum absolute atomic E-state index is 13.0. The van der Waals surface area contributed by atoms with Crippen LogP contribution in [0.3, 0.4) is 0 Å². The first-order valence-electron chi connectivity index (χ1n) is 5.71. The Bertz CT molecular complexity index is 681. The van der Waals surface area contributed by atoms with Gasteiger partial charge < -0.3 is 5.32 Å². The van der Waals surface area contributed by atoms with Gasteiger partial charge in [-0.05, 0) is 36.4 Å². The summed E-state index contributed by atoms with van der Waals surface area (Å²) in [5, 5.41) is 2.19. The lowest BCUT2D eigenvalue weighted by Gasteiger charge is -2.10. The minimum Gasteiger partial charge on any atom is -0.322 e. The number of hydrogen-bond acceptors (Lipinski definition) is 1. The molecule has 0 radical (unpaired) electrons. The van der Waals surface area contributed by atoms with E-state index in [1.54, 1.807) is 0 Å². The molecule has 0 heterocycles. The van der Waals surface area contributed by atoms with Crippen LogP contribution in [0.5, 0.6) is 0 Å². The third-order valence-electron chi connectivity index (χ3n) is 2.63. The summed E-state index contributed by atoms with van der Waals surface area (Å²) in [5.74, 6) is -3.18. The predicted molar refractivity (Wildman–Crippen MR) is 65.8 cm³/mol. The fourth-order valence-corrected chi connectivity index (χ4v) is 1.61. The van der Waals surface area contributed by atoms with Gasteiger partial charge in [-0.1, -0.05) is 6.07 Å². The highest BCUT2D eigenvalue weighted by molar-refractivity contribution is 6.04. The molecule has 1 amide bonds. The van der Waals surface area contributed by atoms with Gasteiger partial charge in [0.1, 0.15) is 0 Å². The van der Waals surface area contributed by atoms with Crippen LogP contribution in [0.15, 0.2) is 42.5 Å². The van der Waals surface area contributed by atoms with Crippen LogP contribution in [0, 0.1) is 11.6 Å². The Morgan fingerprint density at radius 1 is 0.952 bits per heavy atom. The molecule has 110 valence electrons. The van der Waals surface area contributed by atoms with Crippen LogP contribution in [0.1, 0.15) is 15.9 Å². The van der Waals surface area contributed by atoms with Crippen molar-refractivity contribution >= 4 is 11.6 Å². The zero-order chi connectivity index (χ0) is 15.6. The van der Waals surface area contributed by atoms with Gasteiger partial charge in [-0.15, -0.1) is 0 Å². The quantitative estimate of drug-likeness (QED) is 0.826. The van der Waals surface area contributed by atoms with Gasteiger partial charge in [-0.3, -0.25) is 4.79 Å². The first-order valence-corrected chi connectivity index (χ1v) is 5.71. The molecule has 0 saturated heterocycles. The van der Waals surface area contributed by atoms with E-state index in [0.29, 0.717) is 6.07 Å². The Hall–Kier alpha value is -2.44. The lowest BCUT2D eigenvalue weighted by Crippen LogP contribution is -2.13. The number of benzene rings is 2. The molecule has 0 aliphatic heterocycles. The van der Waals surface area contributed by atoms with Crippen LogP contribution >= 0.6 is 0 Å². The molecule has 2 aromatic carbocycles. The van der Waals surface area contributed by atoms with Crippen molar-refractivity contribution in [1.82, 2.24) is 0 Å². The summed E-state index contributed by atoms with van der Waals surface area (Å²) in [5.41, 5.74) is -1.23. The van der Waals surface area contributed by atoms with Crippen LogP contribution in [-0.4, -0.2) is 5.91 Å². The lowest BCUT2D eigenvalue weighted by atomic mass is 10.1. The molecule has 0 aliphatic carbocycles. The molecule has 2 nitrogen and oxygen atoms in total. The zero-order valence-electron chi connectivity index (χ0n) is 10.3. The molecule has 7 heteroatoms. The van der Waals surface area contributed by atoms with Crippen LogP contribution in [0.25, 0.3) is 0 Å². The Labute approximate surface area is 116 Å². The van der Waals surface area contributed by atoms with E-state index in [1.807, 2.05) is 0 Å².